The van der Waals surface area contributed by atoms with Gasteiger partial charge in [0.1, 0.15) is 0 Å². The summed E-state index contributed by atoms with van der Waals surface area (Å²) >= 11 is 0. The summed E-state index contributed by atoms with van der Waals surface area (Å²) in [6, 6.07) is 18.0. The van der Waals surface area contributed by atoms with Crippen molar-refractivity contribution in [2.45, 2.75) is 20.3 Å². The molecule has 6 nitrogen and oxygen atoms in total. The molecule has 1 aromatic heterocycles. The fourth-order valence-corrected chi connectivity index (χ4v) is 2.98. The van der Waals surface area contributed by atoms with Gasteiger partial charge in [0.05, 0.1) is 0 Å². The third-order valence-corrected chi connectivity index (χ3v) is 4.15. The number of aryl methyl sites for hydroxylation is 2. The van der Waals surface area contributed by atoms with Gasteiger partial charge in [-0.1, -0.05) is 42.5 Å². The van der Waals surface area contributed by atoms with Crippen molar-refractivity contribution in [3.8, 4) is 11.1 Å². The zero-order chi connectivity index (χ0) is 19.2. The third kappa shape index (κ3) is 4.82. The molecule has 27 heavy (non-hydrogen) atoms. The Morgan fingerprint density at radius 2 is 1.59 bits per heavy atom. The van der Waals surface area contributed by atoms with E-state index in [1.165, 1.54) is 5.56 Å². The van der Waals surface area contributed by atoms with E-state index < -0.39 is 0 Å². The van der Waals surface area contributed by atoms with Gasteiger partial charge in [-0.2, -0.15) is 0 Å². The number of rotatable bonds is 5. The summed E-state index contributed by atoms with van der Waals surface area (Å²) in [5, 5.41) is 2.95. The lowest BCUT2D eigenvalue weighted by Crippen LogP contribution is -2.24. The zero-order valence-corrected chi connectivity index (χ0v) is 15.6. The number of para-hydroxylation sites is 1. The van der Waals surface area contributed by atoms with Gasteiger partial charge in [0.2, 0.25) is 5.95 Å². The minimum atomic E-state index is 0.303. The van der Waals surface area contributed by atoms with Gasteiger partial charge in [-0.25, -0.2) is 9.97 Å². The van der Waals surface area contributed by atoms with Gasteiger partial charge in [0.15, 0.2) is 5.96 Å². The molecule has 0 saturated carbocycles. The van der Waals surface area contributed by atoms with Crippen molar-refractivity contribution in [2.75, 3.05) is 17.6 Å². The molecule has 0 unspecified atom stereocenters. The Bertz CT molecular complexity index is 944. The number of nitrogens with two attached hydrogens (primary N) is 2. The summed E-state index contributed by atoms with van der Waals surface area (Å²) < 4.78 is 0. The molecule has 0 saturated heterocycles. The first kappa shape index (κ1) is 18.4. The third-order valence-electron chi connectivity index (χ3n) is 4.15. The Balaban J connectivity index is 1.70. The van der Waals surface area contributed by atoms with Crippen molar-refractivity contribution in [3.05, 3.63) is 71.5 Å². The second-order valence-corrected chi connectivity index (χ2v) is 6.36. The van der Waals surface area contributed by atoms with Crippen molar-refractivity contribution in [3.63, 3.8) is 0 Å². The fourth-order valence-electron chi connectivity index (χ4n) is 2.98. The first-order valence-corrected chi connectivity index (χ1v) is 8.85. The van der Waals surface area contributed by atoms with Crippen LogP contribution in [0.4, 0.5) is 11.6 Å². The number of anilines is 2. The predicted molar refractivity (Wildman–Crippen MR) is 112 cm³/mol. The fraction of sp³-hybridized carbons (Fsp3) is 0.190. The maximum Gasteiger partial charge on any atom is 0.229 e. The second kappa shape index (κ2) is 8.31. The van der Waals surface area contributed by atoms with E-state index in [0.29, 0.717) is 18.5 Å². The van der Waals surface area contributed by atoms with Gasteiger partial charge in [0.25, 0.3) is 0 Å². The molecule has 0 fully saturated rings. The quantitative estimate of drug-likeness (QED) is 0.368. The molecule has 0 aliphatic rings. The van der Waals surface area contributed by atoms with E-state index in [0.717, 1.165) is 34.6 Å². The van der Waals surface area contributed by atoms with E-state index in [4.69, 9.17) is 11.5 Å². The molecule has 0 atom stereocenters. The molecule has 3 rings (SSSR count). The number of hydrogen-bond donors (Lipinski definition) is 3. The maximum atomic E-state index is 6.14. The number of guanidine groups is 1. The van der Waals surface area contributed by atoms with Crippen LogP contribution in [0.15, 0.2) is 59.6 Å². The largest absolute Gasteiger partial charge is 0.398 e. The van der Waals surface area contributed by atoms with E-state index in [-0.39, 0.29) is 0 Å². The van der Waals surface area contributed by atoms with Gasteiger partial charge in [-0.05, 0) is 43.5 Å². The lowest BCUT2D eigenvalue weighted by molar-refractivity contribution is 0.964. The summed E-state index contributed by atoms with van der Waals surface area (Å²) in [4.78, 5) is 13.0. The van der Waals surface area contributed by atoms with Crippen LogP contribution in [0.5, 0.6) is 0 Å². The SMILES string of the molecule is Cc1cc(C)nc(NC(N)=NCCc2ccccc2-c2ccccc2N)n1. The molecule has 6 heteroatoms. The Labute approximate surface area is 159 Å². The van der Waals surface area contributed by atoms with Crippen LogP contribution in [0, 0.1) is 13.8 Å². The average molecular weight is 360 g/mol. The average Bonchev–Trinajstić information content (AvgIpc) is 2.62. The summed E-state index contributed by atoms with van der Waals surface area (Å²) in [5.74, 6) is 0.767. The highest BCUT2D eigenvalue weighted by molar-refractivity contribution is 5.90. The molecule has 5 N–H and O–H groups in total. The summed E-state index contributed by atoms with van der Waals surface area (Å²) in [6.07, 6.45) is 0.751. The van der Waals surface area contributed by atoms with Gasteiger partial charge < -0.3 is 11.5 Å². The molecular formula is C21H24N6. The van der Waals surface area contributed by atoms with Gasteiger partial charge >= 0.3 is 0 Å². The zero-order valence-electron chi connectivity index (χ0n) is 15.6. The number of nitrogens with zero attached hydrogens (tertiary/aromatic N) is 3. The molecule has 0 spiro atoms. The molecule has 0 amide bonds. The van der Waals surface area contributed by atoms with Crippen molar-refractivity contribution < 1.29 is 0 Å². The minimum Gasteiger partial charge on any atom is -0.398 e. The van der Waals surface area contributed by atoms with Gasteiger partial charge in [-0.15, -0.1) is 0 Å². The standard InChI is InChI=1S/C21H24N6/c1-14-13-15(2)26-21(25-14)27-20(23)24-12-11-16-7-3-4-8-17(16)18-9-5-6-10-19(18)22/h3-10,13H,11-12,22H2,1-2H3,(H3,23,24,25,26,27). The van der Waals surface area contributed by atoms with E-state index in [9.17, 15) is 0 Å². The van der Waals surface area contributed by atoms with E-state index in [1.807, 2.05) is 56.3 Å². The van der Waals surface area contributed by atoms with Crippen LogP contribution in [0.2, 0.25) is 0 Å². The van der Waals surface area contributed by atoms with Crippen LogP contribution in [-0.4, -0.2) is 22.5 Å². The molecule has 0 radical (unpaired) electrons. The van der Waals surface area contributed by atoms with E-state index >= 15 is 0 Å². The number of benzene rings is 2. The number of aromatic nitrogens is 2. The Kier molecular flexibility index (Phi) is 5.66. The summed E-state index contributed by atoms with van der Waals surface area (Å²) in [5.41, 5.74) is 18.0. The van der Waals surface area contributed by atoms with E-state index in [1.54, 1.807) is 0 Å². The van der Waals surface area contributed by atoms with Crippen LogP contribution >= 0.6 is 0 Å². The smallest absolute Gasteiger partial charge is 0.229 e. The first-order valence-electron chi connectivity index (χ1n) is 8.85. The molecule has 0 bridgehead atoms. The minimum absolute atomic E-state index is 0.303. The number of nitrogens with one attached hydrogen (secondary N) is 1. The lowest BCUT2D eigenvalue weighted by Gasteiger charge is -2.11. The normalized spacial score (nSPS) is 11.4. The second-order valence-electron chi connectivity index (χ2n) is 6.36. The number of aliphatic imine (C=N–C) groups is 1. The monoisotopic (exact) mass is 360 g/mol. The number of hydrogen-bond acceptors (Lipinski definition) is 4. The van der Waals surface area contributed by atoms with E-state index in [2.05, 4.69) is 32.4 Å². The highest BCUT2D eigenvalue weighted by Crippen LogP contribution is 2.28. The predicted octanol–water partition coefficient (Wildman–Crippen LogP) is 3.31. The summed E-state index contributed by atoms with van der Waals surface area (Å²) in [6.45, 7) is 4.38. The van der Waals surface area contributed by atoms with Gasteiger partial charge in [-0.3, -0.25) is 10.3 Å². The van der Waals surface area contributed by atoms with Crippen molar-refractivity contribution in [1.82, 2.24) is 9.97 Å². The van der Waals surface area contributed by atoms with Gasteiger partial charge in [0, 0.05) is 29.2 Å². The maximum absolute atomic E-state index is 6.14. The Morgan fingerprint density at radius 1 is 0.963 bits per heavy atom. The highest BCUT2D eigenvalue weighted by Gasteiger charge is 2.07. The topological polar surface area (TPSA) is 102 Å². The molecule has 1 heterocycles. The molecule has 3 aromatic rings. The lowest BCUT2D eigenvalue weighted by atomic mass is 9.96. The molecule has 2 aromatic carbocycles. The van der Waals surface area contributed by atoms with Crippen molar-refractivity contribution in [1.29, 1.82) is 0 Å². The molecule has 0 aliphatic carbocycles. The Hall–Kier alpha value is -3.41. The van der Waals surface area contributed by atoms with Crippen LogP contribution in [-0.2, 0) is 6.42 Å². The number of nitrogen functional groups attached to an aromatic ring is 1. The van der Waals surface area contributed by atoms with Crippen LogP contribution in [0.25, 0.3) is 11.1 Å². The van der Waals surface area contributed by atoms with Crippen LogP contribution in [0.3, 0.4) is 0 Å². The molecule has 138 valence electrons. The van der Waals surface area contributed by atoms with Crippen molar-refractivity contribution >= 4 is 17.6 Å². The van der Waals surface area contributed by atoms with Crippen molar-refractivity contribution in [2.24, 2.45) is 10.7 Å². The van der Waals surface area contributed by atoms with Crippen LogP contribution < -0.4 is 16.8 Å². The first-order chi connectivity index (χ1) is 13.0. The van der Waals surface area contributed by atoms with Crippen LogP contribution in [0.1, 0.15) is 17.0 Å². The highest BCUT2D eigenvalue weighted by atomic mass is 15.2. The summed E-state index contributed by atoms with van der Waals surface area (Å²) in [7, 11) is 0. The Morgan fingerprint density at radius 3 is 2.30 bits per heavy atom. The molecule has 0 aliphatic heterocycles. The molecular weight excluding hydrogens is 336 g/mol.